The molecule has 29 heavy (non-hydrogen) atoms. The highest BCUT2D eigenvalue weighted by atomic mass is 16.7. The topological polar surface area (TPSA) is 126 Å². The molecule has 0 amide bonds. The van der Waals surface area contributed by atoms with Gasteiger partial charge in [0.15, 0.2) is 5.78 Å². The largest absolute Gasteiger partial charge is 0.508 e. The number of benzene rings is 2. The Kier molecular flexibility index (Phi) is 5.42. The molecule has 0 saturated carbocycles. The summed E-state index contributed by atoms with van der Waals surface area (Å²) >= 11 is 0. The van der Waals surface area contributed by atoms with Crippen molar-refractivity contribution in [1.29, 1.82) is 0 Å². The van der Waals surface area contributed by atoms with Crippen molar-refractivity contribution in [2.75, 3.05) is 6.61 Å². The molecule has 2 heterocycles. The van der Waals surface area contributed by atoms with E-state index < -0.39 is 37.3 Å². The van der Waals surface area contributed by atoms with Crippen molar-refractivity contribution in [2.24, 2.45) is 0 Å². The number of aromatic hydroxyl groups is 1. The number of aliphatic hydroxyl groups is 3. The summed E-state index contributed by atoms with van der Waals surface area (Å²) in [7, 11) is 0. The van der Waals surface area contributed by atoms with Gasteiger partial charge < -0.3 is 34.6 Å². The second-order valence-electron chi connectivity index (χ2n) is 7.18. The van der Waals surface area contributed by atoms with Crippen LogP contribution in [0, 0.1) is 0 Å². The fraction of sp³-hybridized carbons (Fsp3) is 0.381. The van der Waals surface area contributed by atoms with Crippen LogP contribution < -0.4 is 9.47 Å². The Balaban J connectivity index is 1.44. The summed E-state index contributed by atoms with van der Waals surface area (Å²) in [6.45, 7) is -0.429. The van der Waals surface area contributed by atoms with Gasteiger partial charge in [0.2, 0.25) is 6.29 Å². The SMILES string of the molecule is O=C1C[C@@H](c2ccc(O[C@H]3C[C@@H](O)[C@H](O)[C@@H](CO)O3)cc2)Oc2cc(O)ccc21. The van der Waals surface area contributed by atoms with Crippen molar-refractivity contribution in [3.63, 3.8) is 0 Å². The number of fused-ring (bicyclic) bond motifs is 1. The number of ketones is 1. The van der Waals surface area contributed by atoms with E-state index in [4.69, 9.17) is 14.2 Å². The number of phenols is 1. The average molecular weight is 402 g/mol. The second-order valence-corrected chi connectivity index (χ2v) is 7.18. The number of Topliss-reactive ketones (excluding diaryl/α,β-unsaturated/α-hetero) is 1. The first kappa shape index (κ1) is 19.7. The van der Waals surface area contributed by atoms with E-state index in [0.717, 1.165) is 5.56 Å². The number of carbonyl (C=O) groups is 1. The van der Waals surface area contributed by atoms with E-state index in [0.29, 0.717) is 17.1 Å². The van der Waals surface area contributed by atoms with Crippen LogP contribution in [0.3, 0.4) is 0 Å². The van der Waals surface area contributed by atoms with Crippen LogP contribution in [0.25, 0.3) is 0 Å². The first-order valence-electron chi connectivity index (χ1n) is 9.36. The highest BCUT2D eigenvalue weighted by molar-refractivity contribution is 6.00. The van der Waals surface area contributed by atoms with Crippen LogP contribution in [0.15, 0.2) is 42.5 Å². The fourth-order valence-corrected chi connectivity index (χ4v) is 3.55. The molecule has 0 unspecified atom stereocenters. The monoisotopic (exact) mass is 402 g/mol. The number of phenolic OH excluding ortho intramolecular Hbond substituents is 1. The molecule has 1 fully saturated rings. The molecule has 4 rings (SSSR count). The van der Waals surface area contributed by atoms with Crippen molar-refractivity contribution in [2.45, 2.75) is 43.5 Å². The summed E-state index contributed by atoms with van der Waals surface area (Å²) in [6, 6.07) is 11.3. The Hall–Kier alpha value is -2.65. The molecule has 0 aliphatic carbocycles. The maximum atomic E-state index is 12.4. The number of hydrogen-bond acceptors (Lipinski definition) is 8. The second kappa shape index (κ2) is 8.00. The lowest BCUT2D eigenvalue weighted by Gasteiger charge is -2.36. The molecule has 0 aromatic heterocycles. The van der Waals surface area contributed by atoms with Gasteiger partial charge in [-0.05, 0) is 29.8 Å². The standard InChI is InChI=1S/C21H22O8/c22-10-19-21(26)16(25)9-20(29-19)27-13-4-1-11(2-5-13)17-8-15(24)14-6-3-12(23)7-18(14)28-17/h1-7,16-17,19-23,25-26H,8-10H2/t16-,17+,19-,20-,21+/m1/s1. The fourth-order valence-electron chi connectivity index (χ4n) is 3.55. The molecule has 2 aliphatic heterocycles. The van der Waals surface area contributed by atoms with Crippen LogP contribution in [0.2, 0.25) is 0 Å². The van der Waals surface area contributed by atoms with Crippen LogP contribution in [0.5, 0.6) is 17.2 Å². The Bertz CT molecular complexity index is 881. The molecule has 8 nitrogen and oxygen atoms in total. The van der Waals surface area contributed by atoms with Gasteiger partial charge in [0.05, 0.1) is 24.7 Å². The molecule has 8 heteroatoms. The van der Waals surface area contributed by atoms with Crippen molar-refractivity contribution >= 4 is 5.78 Å². The van der Waals surface area contributed by atoms with Gasteiger partial charge in [-0.2, -0.15) is 0 Å². The number of ether oxygens (including phenoxy) is 3. The minimum atomic E-state index is -1.16. The third kappa shape index (κ3) is 4.06. The predicted molar refractivity (Wildman–Crippen MR) is 99.9 cm³/mol. The van der Waals surface area contributed by atoms with E-state index >= 15 is 0 Å². The molecular weight excluding hydrogens is 380 g/mol. The summed E-state index contributed by atoms with van der Waals surface area (Å²) in [4.78, 5) is 12.4. The highest BCUT2D eigenvalue weighted by Crippen LogP contribution is 2.37. The minimum Gasteiger partial charge on any atom is -0.508 e. The van der Waals surface area contributed by atoms with E-state index in [9.17, 15) is 25.2 Å². The number of hydrogen-bond donors (Lipinski definition) is 4. The molecule has 2 aromatic carbocycles. The predicted octanol–water partition coefficient (Wildman–Crippen LogP) is 1.31. The first-order chi connectivity index (χ1) is 13.9. The van der Waals surface area contributed by atoms with Crippen LogP contribution >= 0.6 is 0 Å². The van der Waals surface area contributed by atoms with Crippen molar-refractivity contribution in [3.05, 3.63) is 53.6 Å². The molecule has 0 radical (unpaired) electrons. The van der Waals surface area contributed by atoms with Gasteiger partial charge >= 0.3 is 0 Å². The van der Waals surface area contributed by atoms with Crippen LogP contribution in [-0.4, -0.2) is 57.4 Å². The highest BCUT2D eigenvalue weighted by Gasteiger charge is 2.37. The molecule has 0 spiro atoms. The molecular formula is C21H22O8. The average Bonchev–Trinajstić information content (AvgIpc) is 2.70. The number of rotatable bonds is 4. The van der Waals surface area contributed by atoms with E-state index in [2.05, 4.69) is 0 Å². The Morgan fingerprint density at radius 1 is 1.10 bits per heavy atom. The van der Waals surface area contributed by atoms with Crippen molar-refractivity contribution < 1.29 is 39.4 Å². The van der Waals surface area contributed by atoms with Gasteiger partial charge in [-0.1, -0.05) is 12.1 Å². The maximum Gasteiger partial charge on any atom is 0.202 e. The number of carbonyl (C=O) groups excluding carboxylic acids is 1. The summed E-state index contributed by atoms with van der Waals surface area (Å²) in [6.07, 6.45) is -4.16. The molecule has 5 atom stereocenters. The molecule has 2 aromatic rings. The Morgan fingerprint density at radius 3 is 2.59 bits per heavy atom. The smallest absolute Gasteiger partial charge is 0.202 e. The Morgan fingerprint density at radius 2 is 1.86 bits per heavy atom. The lowest BCUT2D eigenvalue weighted by Crippen LogP contribution is -2.51. The van der Waals surface area contributed by atoms with Crippen molar-refractivity contribution in [1.82, 2.24) is 0 Å². The maximum absolute atomic E-state index is 12.4. The lowest BCUT2D eigenvalue weighted by molar-refractivity contribution is -0.229. The third-order valence-corrected chi connectivity index (χ3v) is 5.14. The molecule has 4 N–H and O–H groups in total. The van der Waals surface area contributed by atoms with E-state index in [1.54, 1.807) is 30.3 Å². The minimum absolute atomic E-state index is 0.0296. The van der Waals surface area contributed by atoms with E-state index in [1.165, 1.54) is 12.1 Å². The summed E-state index contributed by atoms with van der Waals surface area (Å²) in [5.74, 6) is 0.792. The zero-order valence-electron chi connectivity index (χ0n) is 15.5. The lowest BCUT2D eigenvalue weighted by atomic mass is 9.96. The summed E-state index contributed by atoms with van der Waals surface area (Å²) < 4.78 is 17.0. The summed E-state index contributed by atoms with van der Waals surface area (Å²) in [5.41, 5.74) is 1.22. The van der Waals surface area contributed by atoms with Crippen LogP contribution in [0.4, 0.5) is 0 Å². The van der Waals surface area contributed by atoms with Crippen molar-refractivity contribution in [3.8, 4) is 17.2 Å². The van der Waals surface area contributed by atoms with Gasteiger partial charge in [-0.3, -0.25) is 4.79 Å². The molecule has 1 saturated heterocycles. The zero-order chi connectivity index (χ0) is 20.5. The molecule has 0 bridgehead atoms. The van der Waals surface area contributed by atoms with E-state index in [-0.39, 0.29) is 24.4 Å². The van der Waals surface area contributed by atoms with Crippen LogP contribution in [0.1, 0.15) is 34.9 Å². The summed E-state index contributed by atoms with van der Waals surface area (Å²) in [5, 5.41) is 38.5. The normalized spacial score (nSPS) is 29.1. The zero-order valence-corrected chi connectivity index (χ0v) is 15.5. The molecule has 154 valence electrons. The quantitative estimate of drug-likeness (QED) is 0.603. The van der Waals surface area contributed by atoms with Crippen LogP contribution in [-0.2, 0) is 4.74 Å². The first-order valence-corrected chi connectivity index (χ1v) is 9.36. The van der Waals surface area contributed by atoms with Gasteiger partial charge in [0, 0.05) is 12.5 Å². The third-order valence-electron chi connectivity index (χ3n) is 5.14. The number of aliphatic hydroxyl groups excluding tert-OH is 3. The van der Waals surface area contributed by atoms with Gasteiger partial charge in [-0.15, -0.1) is 0 Å². The molecule has 2 aliphatic rings. The van der Waals surface area contributed by atoms with Gasteiger partial charge in [0.25, 0.3) is 0 Å². The van der Waals surface area contributed by atoms with Gasteiger partial charge in [0.1, 0.15) is 35.6 Å². The van der Waals surface area contributed by atoms with Gasteiger partial charge in [-0.25, -0.2) is 0 Å². The Labute approximate surface area is 166 Å². The van der Waals surface area contributed by atoms with E-state index in [1.807, 2.05) is 0 Å².